The van der Waals surface area contributed by atoms with Crippen molar-refractivity contribution < 1.29 is 0 Å². The fraction of sp³-hybridized carbons (Fsp3) is 0.0625. The fourth-order valence-electron chi connectivity index (χ4n) is 2.20. The number of halogens is 1. The summed E-state index contributed by atoms with van der Waals surface area (Å²) in [5.41, 5.74) is 3.09. The molecule has 2 heterocycles. The molecule has 0 unspecified atom stereocenters. The van der Waals surface area contributed by atoms with Gasteiger partial charge in [-0.05, 0) is 35.6 Å². The molecule has 0 N–H and O–H groups in total. The first kappa shape index (κ1) is 12.6. The predicted octanol–water partition coefficient (Wildman–Crippen LogP) is 4.13. The number of hydrogen-bond acceptors (Lipinski definition) is 3. The summed E-state index contributed by atoms with van der Waals surface area (Å²) in [6.07, 6.45) is 5.29. The van der Waals surface area contributed by atoms with Gasteiger partial charge in [-0.2, -0.15) is 5.26 Å². The zero-order valence-corrected chi connectivity index (χ0v) is 11.5. The minimum Gasteiger partial charge on any atom is -0.264 e. The van der Waals surface area contributed by atoms with Crippen LogP contribution in [0.3, 0.4) is 0 Å². The minimum atomic E-state index is 0.262. The molecule has 0 saturated heterocycles. The molecule has 0 bridgehead atoms. The van der Waals surface area contributed by atoms with Gasteiger partial charge in [-0.15, -0.1) is 0 Å². The van der Waals surface area contributed by atoms with Crippen molar-refractivity contribution >= 4 is 22.4 Å². The van der Waals surface area contributed by atoms with Crippen LogP contribution in [0.5, 0.6) is 0 Å². The average Bonchev–Trinajstić information content (AvgIpc) is 2.49. The third-order valence-corrected chi connectivity index (χ3v) is 3.78. The summed E-state index contributed by atoms with van der Waals surface area (Å²) in [6.45, 7) is 1.90. The van der Waals surface area contributed by atoms with Gasteiger partial charge < -0.3 is 0 Å². The summed E-state index contributed by atoms with van der Waals surface area (Å²) < 4.78 is 0. The van der Waals surface area contributed by atoms with E-state index in [-0.39, 0.29) is 5.69 Å². The van der Waals surface area contributed by atoms with Crippen molar-refractivity contribution in [2.75, 3.05) is 0 Å². The number of hydrogen-bond donors (Lipinski definition) is 0. The van der Waals surface area contributed by atoms with E-state index in [0.717, 1.165) is 27.5 Å². The van der Waals surface area contributed by atoms with E-state index in [1.807, 2.05) is 37.4 Å². The van der Waals surface area contributed by atoms with Crippen molar-refractivity contribution in [2.24, 2.45) is 0 Å². The number of fused-ring (bicyclic) bond motifs is 1. The summed E-state index contributed by atoms with van der Waals surface area (Å²) in [4.78, 5) is 8.21. The van der Waals surface area contributed by atoms with Crippen LogP contribution in [0.2, 0.25) is 5.02 Å². The second kappa shape index (κ2) is 4.92. The molecule has 20 heavy (non-hydrogen) atoms. The van der Waals surface area contributed by atoms with Crippen LogP contribution in [-0.2, 0) is 0 Å². The molecule has 0 radical (unpaired) electrons. The molecule has 0 spiro atoms. The predicted molar refractivity (Wildman–Crippen MR) is 79.4 cm³/mol. The molecule has 0 amide bonds. The van der Waals surface area contributed by atoms with Gasteiger partial charge >= 0.3 is 0 Å². The maximum absolute atomic E-state index is 8.94. The van der Waals surface area contributed by atoms with Crippen LogP contribution in [0.15, 0.2) is 42.9 Å². The van der Waals surface area contributed by atoms with E-state index in [4.69, 9.17) is 16.9 Å². The highest BCUT2D eigenvalue weighted by molar-refractivity contribution is 6.32. The van der Waals surface area contributed by atoms with Gasteiger partial charge in [0.05, 0.1) is 5.02 Å². The van der Waals surface area contributed by atoms with Crippen LogP contribution in [0.25, 0.3) is 21.9 Å². The molecule has 0 fully saturated rings. The van der Waals surface area contributed by atoms with Crippen LogP contribution in [0.1, 0.15) is 11.3 Å². The molecule has 4 heteroatoms. The van der Waals surface area contributed by atoms with Crippen molar-refractivity contribution in [3.63, 3.8) is 0 Å². The monoisotopic (exact) mass is 279 g/mol. The van der Waals surface area contributed by atoms with Gasteiger partial charge in [0.2, 0.25) is 0 Å². The molecule has 0 aliphatic carbocycles. The van der Waals surface area contributed by atoms with Gasteiger partial charge in [-0.25, -0.2) is 4.98 Å². The van der Waals surface area contributed by atoms with Gasteiger partial charge in [-0.1, -0.05) is 23.7 Å². The van der Waals surface area contributed by atoms with Crippen LogP contribution in [0, 0.1) is 18.3 Å². The zero-order chi connectivity index (χ0) is 14.1. The Balaban J connectivity index is 2.21. The van der Waals surface area contributed by atoms with Gasteiger partial charge in [0, 0.05) is 29.5 Å². The third kappa shape index (κ3) is 2.01. The van der Waals surface area contributed by atoms with Crippen LogP contribution in [0.4, 0.5) is 0 Å². The summed E-state index contributed by atoms with van der Waals surface area (Å²) in [6, 6.07) is 10.1. The molecule has 2 aromatic heterocycles. The van der Waals surface area contributed by atoms with E-state index in [1.54, 1.807) is 12.4 Å². The summed E-state index contributed by atoms with van der Waals surface area (Å²) in [5.74, 6) is 0. The molecule has 1 aromatic carbocycles. The lowest BCUT2D eigenvalue weighted by atomic mass is 10.00. The number of rotatable bonds is 1. The minimum absolute atomic E-state index is 0.262. The highest BCUT2D eigenvalue weighted by Gasteiger charge is 2.11. The van der Waals surface area contributed by atoms with E-state index >= 15 is 0 Å². The van der Waals surface area contributed by atoms with Crippen molar-refractivity contribution in [3.05, 3.63) is 59.1 Å². The Bertz CT molecular complexity index is 850. The summed E-state index contributed by atoms with van der Waals surface area (Å²) >= 11 is 6.17. The first-order valence-corrected chi connectivity index (χ1v) is 6.48. The van der Waals surface area contributed by atoms with Crippen LogP contribution in [-0.4, -0.2) is 9.97 Å². The number of pyridine rings is 2. The van der Waals surface area contributed by atoms with Crippen molar-refractivity contribution in [3.8, 4) is 17.2 Å². The topological polar surface area (TPSA) is 49.6 Å². The van der Waals surface area contributed by atoms with E-state index in [0.29, 0.717) is 5.02 Å². The van der Waals surface area contributed by atoms with E-state index in [9.17, 15) is 0 Å². The molecule has 0 aliphatic rings. The van der Waals surface area contributed by atoms with E-state index < -0.39 is 0 Å². The lowest BCUT2D eigenvalue weighted by Crippen LogP contribution is -1.92. The molecule has 3 aromatic rings. The molecule has 3 rings (SSSR count). The first-order chi connectivity index (χ1) is 9.70. The molecular formula is C16H10ClN3. The lowest BCUT2D eigenvalue weighted by Gasteiger charge is -2.09. The zero-order valence-electron chi connectivity index (χ0n) is 10.8. The van der Waals surface area contributed by atoms with Crippen molar-refractivity contribution in [1.29, 1.82) is 5.26 Å². The molecule has 0 aliphatic heterocycles. The second-order valence-electron chi connectivity index (χ2n) is 4.51. The van der Waals surface area contributed by atoms with Gasteiger partial charge in [0.15, 0.2) is 5.69 Å². The lowest BCUT2D eigenvalue weighted by molar-refractivity contribution is 1.23. The Kier molecular flexibility index (Phi) is 3.09. The number of nitrogens with zero attached hydrogens (tertiary/aromatic N) is 3. The maximum atomic E-state index is 8.94. The standard InChI is InChI=1S/C16H10ClN3/c1-10-14(9-20-15(7-18)16(10)17)12-2-3-13-8-19-5-4-11(13)6-12/h2-6,8-9H,1H3. The molecule has 3 nitrogen and oxygen atoms in total. The smallest absolute Gasteiger partial charge is 0.159 e. The van der Waals surface area contributed by atoms with Crippen LogP contribution >= 0.6 is 11.6 Å². The Morgan fingerprint density at radius 1 is 1.15 bits per heavy atom. The normalized spacial score (nSPS) is 10.4. The van der Waals surface area contributed by atoms with Crippen molar-refractivity contribution in [2.45, 2.75) is 6.92 Å². The van der Waals surface area contributed by atoms with Crippen LogP contribution < -0.4 is 0 Å². The Labute approximate surface area is 121 Å². The summed E-state index contributed by atoms with van der Waals surface area (Å²) in [7, 11) is 0. The fourth-order valence-corrected chi connectivity index (χ4v) is 2.39. The highest BCUT2D eigenvalue weighted by Crippen LogP contribution is 2.31. The van der Waals surface area contributed by atoms with E-state index in [2.05, 4.69) is 16.0 Å². The Hall–Kier alpha value is -2.44. The van der Waals surface area contributed by atoms with Gasteiger partial charge in [-0.3, -0.25) is 4.98 Å². The SMILES string of the molecule is Cc1c(-c2ccc3cnccc3c2)cnc(C#N)c1Cl. The highest BCUT2D eigenvalue weighted by atomic mass is 35.5. The maximum Gasteiger partial charge on any atom is 0.159 e. The number of benzene rings is 1. The second-order valence-corrected chi connectivity index (χ2v) is 4.89. The number of aromatic nitrogens is 2. The Morgan fingerprint density at radius 3 is 2.80 bits per heavy atom. The largest absolute Gasteiger partial charge is 0.264 e. The molecule has 0 atom stereocenters. The molecular weight excluding hydrogens is 270 g/mol. The number of nitriles is 1. The van der Waals surface area contributed by atoms with Crippen molar-refractivity contribution in [1.82, 2.24) is 9.97 Å². The molecule has 96 valence electrons. The van der Waals surface area contributed by atoms with E-state index in [1.165, 1.54) is 0 Å². The quantitative estimate of drug-likeness (QED) is 0.673. The first-order valence-electron chi connectivity index (χ1n) is 6.10. The average molecular weight is 280 g/mol. The Morgan fingerprint density at radius 2 is 2.00 bits per heavy atom. The summed E-state index contributed by atoms with van der Waals surface area (Å²) in [5, 5.41) is 11.6. The van der Waals surface area contributed by atoms with Gasteiger partial charge in [0.1, 0.15) is 6.07 Å². The van der Waals surface area contributed by atoms with Gasteiger partial charge in [0.25, 0.3) is 0 Å². The molecule has 0 saturated carbocycles. The third-order valence-electron chi connectivity index (χ3n) is 3.32.